The van der Waals surface area contributed by atoms with Crippen molar-refractivity contribution in [2.24, 2.45) is 5.73 Å². The van der Waals surface area contributed by atoms with E-state index < -0.39 is 4.92 Å². The molecule has 2 aromatic rings. The zero-order chi connectivity index (χ0) is 14.7. The molecule has 2 rings (SSSR count). The van der Waals surface area contributed by atoms with Gasteiger partial charge in [-0.25, -0.2) is 0 Å². The molecule has 0 aromatic heterocycles. The second-order valence-corrected chi connectivity index (χ2v) is 4.83. The average molecular weight is 336 g/mol. The summed E-state index contributed by atoms with van der Waals surface area (Å²) in [6.45, 7) is 0. The first kappa shape index (κ1) is 14.0. The Morgan fingerprint density at radius 3 is 2.70 bits per heavy atom. The van der Waals surface area contributed by atoms with E-state index in [0.717, 1.165) is 4.47 Å². The summed E-state index contributed by atoms with van der Waals surface area (Å²) < 4.78 is 6.33. The minimum absolute atomic E-state index is 0.0658. The lowest BCUT2D eigenvalue weighted by molar-refractivity contribution is -0.384. The van der Waals surface area contributed by atoms with Crippen LogP contribution in [0.25, 0.3) is 0 Å². The van der Waals surface area contributed by atoms with Crippen LogP contribution in [0, 0.1) is 15.5 Å². The first-order chi connectivity index (χ1) is 9.47. The van der Waals surface area contributed by atoms with Crippen LogP contribution in [-0.2, 0) is 0 Å². The number of nitro benzene ring substituents is 1. The fourth-order valence-corrected chi connectivity index (χ4v) is 1.95. The van der Waals surface area contributed by atoms with Crippen molar-refractivity contribution in [3.05, 3.63) is 62.6 Å². The lowest BCUT2D eigenvalue weighted by Crippen LogP contribution is -2.12. The minimum atomic E-state index is -0.500. The van der Waals surface area contributed by atoms with Crippen molar-refractivity contribution in [1.82, 2.24) is 0 Å². The topological polar surface area (TPSA) is 102 Å². The molecule has 102 valence electrons. The molecule has 0 saturated carbocycles. The molecule has 0 radical (unpaired) electrons. The zero-order valence-corrected chi connectivity index (χ0v) is 11.8. The molecule has 0 aliphatic rings. The SMILES string of the molecule is N=C(N)c1cc(Br)ccc1Oc1cccc([N+](=O)[O-])c1. The summed E-state index contributed by atoms with van der Waals surface area (Å²) in [5, 5.41) is 18.2. The van der Waals surface area contributed by atoms with Gasteiger partial charge < -0.3 is 10.5 Å². The number of halogens is 1. The van der Waals surface area contributed by atoms with Gasteiger partial charge in [-0.15, -0.1) is 0 Å². The smallest absolute Gasteiger partial charge is 0.273 e. The average Bonchev–Trinajstić information content (AvgIpc) is 2.41. The van der Waals surface area contributed by atoms with E-state index in [4.69, 9.17) is 15.9 Å². The lowest BCUT2D eigenvalue weighted by Gasteiger charge is -2.10. The van der Waals surface area contributed by atoms with Crippen molar-refractivity contribution in [3.8, 4) is 11.5 Å². The summed E-state index contributed by atoms with van der Waals surface area (Å²) in [6, 6.07) is 10.8. The van der Waals surface area contributed by atoms with Gasteiger partial charge in [-0.3, -0.25) is 15.5 Å². The predicted molar refractivity (Wildman–Crippen MR) is 78.3 cm³/mol. The maximum Gasteiger partial charge on any atom is 0.273 e. The third-order valence-corrected chi connectivity index (χ3v) is 2.98. The van der Waals surface area contributed by atoms with Crippen LogP contribution in [0.4, 0.5) is 5.69 Å². The molecular formula is C13H10BrN3O3. The number of nitrogen functional groups attached to an aromatic ring is 1. The Kier molecular flexibility index (Phi) is 3.99. The van der Waals surface area contributed by atoms with Gasteiger partial charge in [-0.1, -0.05) is 22.0 Å². The van der Waals surface area contributed by atoms with Gasteiger partial charge in [0.1, 0.15) is 17.3 Å². The highest BCUT2D eigenvalue weighted by Crippen LogP contribution is 2.29. The van der Waals surface area contributed by atoms with Crippen molar-refractivity contribution in [3.63, 3.8) is 0 Å². The number of hydrogen-bond acceptors (Lipinski definition) is 4. The molecule has 0 fully saturated rings. The number of benzene rings is 2. The number of nitrogens with two attached hydrogens (primary N) is 1. The van der Waals surface area contributed by atoms with Gasteiger partial charge in [0.05, 0.1) is 16.6 Å². The number of hydrogen-bond donors (Lipinski definition) is 2. The summed E-state index contributed by atoms with van der Waals surface area (Å²) in [7, 11) is 0. The van der Waals surface area contributed by atoms with Gasteiger partial charge in [-0.2, -0.15) is 0 Å². The van der Waals surface area contributed by atoms with Crippen LogP contribution < -0.4 is 10.5 Å². The molecule has 7 heteroatoms. The van der Waals surface area contributed by atoms with E-state index in [1.807, 2.05) is 0 Å². The molecule has 2 aromatic carbocycles. The first-order valence-electron chi connectivity index (χ1n) is 5.53. The Bertz CT molecular complexity index is 688. The van der Waals surface area contributed by atoms with Crippen LogP contribution in [0.5, 0.6) is 11.5 Å². The van der Waals surface area contributed by atoms with Crippen LogP contribution in [-0.4, -0.2) is 10.8 Å². The highest BCUT2D eigenvalue weighted by atomic mass is 79.9. The number of amidine groups is 1. The molecule has 0 aliphatic carbocycles. The van der Waals surface area contributed by atoms with Crippen molar-refractivity contribution in [2.45, 2.75) is 0 Å². The molecule has 0 bridgehead atoms. The third-order valence-electron chi connectivity index (χ3n) is 2.49. The number of ether oxygens (including phenoxy) is 1. The summed E-state index contributed by atoms with van der Waals surface area (Å²) in [5.74, 6) is 0.525. The summed E-state index contributed by atoms with van der Waals surface area (Å²) in [5.41, 5.74) is 5.83. The van der Waals surface area contributed by atoms with Crippen LogP contribution in [0.1, 0.15) is 5.56 Å². The Morgan fingerprint density at radius 1 is 1.30 bits per heavy atom. The zero-order valence-electron chi connectivity index (χ0n) is 10.2. The van der Waals surface area contributed by atoms with Gasteiger partial charge in [0.15, 0.2) is 0 Å². The van der Waals surface area contributed by atoms with Gasteiger partial charge >= 0.3 is 0 Å². The normalized spacial score (nSPS) is 10.1. The maximum absolute atomic E-state index is 10.7. The molecular weight excluding hydrogens is 326 g/mol. The predicted octanol–water partition coefficient (Wildman–Crippen LogP) is 3.43. The molecule has 3 N–H and O–H groups in total. The van der Waals surface area contributed by atoms with Crippen LogP contribution >= 0.6 is 15.9 Å². The molecule has 20 heavy (non-hydrogen) atoms. The van der Waals surface area contributed by atoms with Crippen molar-refractivity contribution in [2.75, 3.05) is 0 Å². The molecule has 0 unspecified atom stereocenters. The van der Waals surface area contributed by atoms with Gasteiger partial charge in [0, 0.05) is 10.5 Å². The number of rotatable bonds is 4. The largest absolute Gasteiger partial charge is 0.456 e. The maximum atomic E-state index is 10.7. The standard InChI is InChI=1S/C13H10BrN3O3/c14-8-4-5-12(11(6-8)13(15)16)20-10-3-1-2-9(7-10)17(18)19/h1-7H,(H3,15,16). The van der Waals surface area contributed by atoms with E-state index in [1.165, 1.54) is 18.2 Å². The highest BCUT2D eigenvalue weighted by molar-refractivity contribution is 9.10. The van der Waals surface area contributed by atoms with E-state index in [2.05, 4.69) is 15.9 Å². The fraction of sp³-hybridized carbons (Fsp3) is 0. The third kappa shape index (κ3) is 3.12. The van der Waals surface area contributed by atoms with Gasteiger partial charge in [0.25, 0.3) is 5.69 Å². The van der Waals surface area contributed by atoms with E-state index in [9.17, 15) is 10.1 Å². The lowest BCUT2D eigenvalue weighted by atomic mass is 10.2. The monoisotopic (exact) mass is 335 g/mol. The molecule has 0 spiro atoms. The number of nitrogens with one attached hydrogen (secondary N) is 1. The number of non-ortho nitro benzene ring substituents is 1. The molecule has 0 atom stereocenters. The van der Waals surface area contributed by atoms with E-state index in [1.54, 1.807) is 24.3 Å². The van der Waals surface area contributed by atoms with E-state index in [-0.39, 0.29) is 11.5 Å². The van der Waals surface area contributed by atoms with E-state index in [0.29, 0.717) is 17.1 Å². The molecule has 0 amide bonds. The Balaban J connectivity index is 2.37. The Labute approximate surface area is 123 Å². The van der Waals surface area contributed by atoms with Crippen LogP contribution in [0.3, 0.4) is 0 Å². The highest BCUT2D eigenvalue weighted by Gasteiger charge is 2.11. The fourth-order valence-electron chi connectivity index (χ4n) is 1.59. The quantitative estimate of drug-likeness (QED) is 0.386. The van der Waals surface area contributed by atoms with Crippen molar-refractivity contribution >= 4 is 27.5 Å². The van der Waals surface area contributed by atoms with Gasteiger partial charge in [0.2, 0.25) is 0 Å². The first-order valence-corrected chi connectivity index (χ1v) is 6.33. The molecule has 0 aliphatic heterocycles. The second kappa shape index (κ2) is 5.70. The second-order valence-electron chi connectivity index (χ2n) is 3.91. The summed E-state index contributed by atoms with van der Waals surface area (Å²) in [4.78, 5) is 10.2. The van der Waals surface area contributed by atoms with Crippen LogP contribution in [0.2, 0.25) is 0 Å². The summed E-state index contributed by atoms with van der Waals surface area (Å²) in [6.07, 6.45) is 0. The molecule has 0 saturated heterocycles. The van der Waals surface area contributed by atoms with Crippen LogP contribution in [0.15, 0.2) is 46.9 Å². The number of nitrogens with zero attached hydrogens (tertiary/aromatic N) is 1. The summed E-state index contributed by atoms with van der Waals surface area (Å²) >= 11 is 3.28. The van der Waals surface area contributed by atoms with Crippen molar-refractivity contribution in [1.29, 1.82) is 5.41 Å². The molecule has 6 nitrogen and oxygen atoms in total. The van der Waals surface area contributed by atoms with Gasteiger partial charge in [-0.05, 0) is 24.3 Å². The Hall–Kier alpha value is -2.41. The minimum Gasteiger partial charge on any atom is -0.456 e. The number of nitro groups is 1. The van der Waals surface area contributed by atoms with Crippen molar-refractivity contribution < 1.29 is 9.66 Å². The Morgan fingerprint density at radius 2 is 2.05 bits per heavy atom. The molecule has 0 heterocycles. The van der Waals surface area contributed by atoms with E-state index >= 15 is 0 Å².